The number of nitrogens with zero attached hydrogens (tertiary/aromatic N) is 2. The van der Waals surface area contributed by atoms with Crippen LogP contribution in [0.3, 0.4) is 0 Å². The van der Waals surface area contributed by atoms with Crippen molar-refractivity contribution < 1.29 is 23.1 Å². The second kappa shape index (κ2) is 7.12. The fourth-order valence-corrected chi connectivity index (χ4v) is 2.22. The molecule has 3 N–H and O–H groups in total. The van der Waals surface area contributed by atoms with E-state index in [0.717, 1.165) is 12.8 Å². The van der Waals surface area contributed by atoms with Crippen molar-refractivity contribution in [1.29, 1.82) is 0 Å². The molecule has 1 fully saturated rings. The Morgan fingerprint density at radius 1 is 1.50 bits per heavy atom. The maximum atomic E-state index is 13.0. The highest BCUT2D eigenvalue weighted by molar-refractivity contribution is 5.83. The summed E-state index contributed by atoms with van der Waals surface area (Å²) in [6, 6.07) is 0.0292. The molecule has 2 atom stereocenters. The fourth-order valence-electron chi connectivity index (χ4n) is 2.22. The molecule has 0 saturated heterocycles. The average molecular weight is 297 g/mol. The molecule has 0 aromatic heterocycles. The van der Waals surface area contributed by atoms with Crippen LogP contribution in [0.25, 0.3) is 0 Å². The molecular formula is C12H22F3N3O2. The summed E-state index contributed by atoms with van der Waals surface area (Å²) in [5.74, 6) is -2.35. The molecule has 2 unspecified atom stereocenters. The number of alkyl halides is 3. The number of hydrogen-bond donors (Lipinski definition) is 2. The Labute approximate surface area is 116 Å². The number of halogens is 3. The van der Waals surface area contributed by atoms with Gasteiger partial charge in [0.25, 0.3) is 0 Å². The first kappa shape index (κ1) is 17.0. The van der Waals surface area contributed by atoms with Crippen molar-refractivity contribution in [2.24, 2.45) is 22.7 Å². The molecule has 20 heavy (non-hydrogen) atoms. The third-order valence-corrected chi connectivity index (χ3v) is 3.75. The monoisotopic (exact) mass is 297 g/mol. The lowest BCUT2D eigenvalue weighted by Gasteiger charge is -2.32. The fraction of sp³-hybridized carbons (Fsp3) is 0.917. The highest BCUT2D eigenvalue weighted by Crippen LogP contribution is 2.36. The lowest BCUT2D eigenvalue weighted by molar-refractivity contribution is -0.162. The summed E-state index contributed by atoms with van der Waals surface area (Å²) in [5.41, 5.74) is 5.19. The number of rotatable bonds is 8. The van der Waals surface area contributed by atoms with Crippen molar-refractivity contribution >= 4 is 5.84 Å². The molecule has 5 nitrogen and oxygen atoms in total. The van der Waals surface area contributed by atoms with Gasteiger partial charge in [-0.3, -0.25) is 4.90 Å². The third-order valence-electron chi connectivity index (χ3n) is 3.75. The molecule has 0 amide bonds. The molecule has 0 aromatic rings. The van der Waals surface area contributed by atoms with E-state index in [9.17, 15) is 13.2 Å². The van der Waals surface area contributed by atoms with Crippen LogP contribution in [0.2, 0.25) is 0 Å². The van der Waals surface area contributed by atoms with Crippen LogP contribution in [0.15, 0.2) is 5.16 Å². The molecule has 1 saturated carbocycles. The van der Waals surface area contributed by atoms with E-state index in [0.29, 0.717) is 19.1 Å². The van der Waals surface area contributed by atoms with Gasteiger partial charge in [0.1, 0.15) is 5.92 Å². The number of methoxy groups -OCH3 is 1. The number of amidine groups is 1. The van der Waals surface area contributed by atoms with Gasteiger partial charge in [0.2, 0.25) is 0 Å². The van der Waals surface area contributed by atoms with Crippen molar-refractivity contribution in [3.05, 3.63) is 0 Å². The number of nitrogens with two attached hydrogens (primary N) is 1. The number of ether oxygens (including phenoxy) is 1. The lowest BCUT2D eigenvalue weighted by atomic mass is 10.0. The van der Waals surface area contributed by atoms with Gasteiger partial charge >= 0.3 is 6.18 Å². The van der Waals surface area contributed by atoms with Gasteiger partial charge in [-0.2, -0.15) is 13.2 Å². The van der Waals surface area contributed by atoms with Crippen molar-refractivity contribution in [2.45, 2.75) is 32.0 Å². The number of hydrogen-bond acceptors (Lipinski definition) is 4. The Hall–Kier alpha value is -1.02. The predicted molar refractivity (Wildman–Crippen MR) is 68.6 cm³/mol. The average Bonchev–Trinajstić information content (AvgIpc) is 3.20. The van der Waals surface area contributed by atoms with Crippen LogP contribution in [0, 0.1) is 11.8 Å². The van der Waals surface area contributed by atoms with Crippen molar-refractivity contribution in [3.8, 4) is 0 Å². The first-order valence-electron chi connectivity index (χ1n) is 6.58. The maximum absolute atomic E-state index is 13.0. The molecule has 0 heterocycles. The standard InChI is InChI=1S/C12H22F3N3O2/c1-8(9-3-4-9)18(5-6-20-2)7-10(11(16)17-19)12(13,14)15/h8-10,19H,3-7H2,1-2H3,(H2,16,17). The van der Waals surface area contributed by atoms with E-state index < -0.39 is 17.9 Å². The summed E-state index contributed by atoms with van der Waals surface area (Å²) in [4.78, 5) is 1.71. The van der Waals surface area contributed by atoms with Gasteiger partial charge < -0.3 is 15.7 Å². The first-order valence-corrected chi connectivity index (χ1v) is 6.58. The molecule has 0 aromatic carbocycles. The Morgan fingerprint density at radius 3 is 2.50 bits per heavy atom. The van der Waals surface area contributed by atoms with E-state index in [1.807, 2.05) is 6.92 Å². The Balaban J connectivity index is 2.77. The summed E-state index contributed by atoms with van der Waals surface area (Å²) in [6.45, 7) is 2.32. The van der Waals surface area contributed by atoms with Crippen molar-refractivity contribution in [3.63, 3.8) is 0 Å². The van der Waals surface area contributed by atoms with Gasteiger partial charge in [-0.1, -0.05) is 5.16 Å². The summed E-state index contributed by atoms with van der Waals surface area (Å²) in [5, 5.41) is 11.1. The molecule has 1 rings (SSSR count). The Bertz CT molecular complexity index is 332. The van der Waals surface area contributed by atoms with Crippen LogP contribution in [0.5, 0.6) is 0 Å². The highest BCUT2D eigenvalue weighted by Gasteiger charge is 2.45. The quantitative estimate of drug-likeness (QED) is 0.309. The van der Waals surface area contributed by atoms with E-state index in [1.165, 1.54) is 7.11 Å². The lowest BCUT2D eigenvalue weighted by Crippen LogP contribution is -2.48. The highest BCUT2D eigenvalue weighted by atomic mass is 19.4. The zero-order chi connectivity index (χ0) is 15.3. The normalized spacial score (nSPS) is 20.2. The van der Waals surface area contributed by atoms with Gasteiger partial charge in [0, 0.05) is 26.2 Å². The predicted octanol–water partition coefficient (Wildman–Crippen LogP) is 1.66. The van der Waals surface area contributed by atoms with Crippen LogP contribution in [-0.2, 0) is 4.74 Å². The molecular weight excluding hydrogens is 275 g/mol. The van der Waals surface area contributed by atoms with E-state index in [1.54, 1.807) is 4.90 Å². The molecule has 1 aliphatic carbocycles. The van der Waals surface area contributed by atoms with Crippen molar-refractivity contribution in [2.75, 3.05) is 26.8 Å². The zero-order valence-corrected chi connectivity index (χ0v) is 11.7. The van der Waals surface area contributed by atoms with Gasteiger partial charge in [0.05, 0.1) is 6.61 Å². The van der Waals surface area contributed by atoms with Gasteiger partial charge in [-0.05, 0) is 25.7 Å². The van der Waals surface area contributed by atoms with Crippen LogP contribution in [-0.4, -0.2) is 55.0 Å². The minimum absolute atomic E-state index is 0.0292. The topological polar surface area (TPSA) is 71.1 Å². The Kier molecular flexibility index (Phi) is 6.07. The van der Waals surface area contributed by atoms with Crippen LogP contribution in [0.1, 0.15) is 19.8 Å². The van der Waals surface area contributed by atoms with E-state index in [2.05, 4.69) is 5.16 Å². The molecule has 8 heteroatoms. The summed E-state index contributed by atoms with van der Waals surface area (Å²) in [7, 11) is 1.50. The van der Waals surface area contributed by atoms with Crippen LogP contribution < -0.4 is 5.73 Å². The summed E-state index contributed by atoms with van der Waals surface area (Å²) in [6.07, 6.45) is -2.47. The van der Waals surface area contributed by atoms with E-state index >= 15 is 0 Å². The second-order valence-corrected chi connectivity index (χ2v) is 5.18. The smallest absolute Gasteiger partial charge is 0.400 e. The van der Waals surface area contributed by atoms with Gasteiger partial charge in [-0.25, -0.2) is 0 Å². The maximum Gasteiger partial charge on any atom is 0.400 e. The second-order valence-electron chi connectivity index (χ2n) is 5.18. The van der Waals surface area contributed by atoms with Gasteiger partial charge in [-0.15, -0.1) is 0 Å². The molecule has 0 bridgehead atoms. The van der Waals surface area contributed by atoms with Crippen LogP contribution >= 0.6 is 0 Å². The first-order chi connectivity index (χ1) is 9.31. The minimum atomic E-state index is -4.54. The van der Waals surface area contributed by atoms with Crippen molar-refractivity contribution in [1.82, 2.24) is 4.90 Å². The molecule has 0 radical (unpaired) electrons. The minimum Gasteiger partial charge on any atom is -0.409 e. The van der Waals surface area contributed by atoms with Gasteiger partial charge in [0.15, 0.2) is 5.84 Å². The number of oxime groups is 1. The van der Waals surface area contributed by atoms with E-state index in [-0.39, 0.29) is 12.6 Å². The zero-order valence-electron chi connectivity index (χ0n) is 11.7. The molecule has 0 aliphatic heterocycles. The van der Waals surface area contributed by atoms with Crippen LogP contribution in [0.4, 0.5) is 13.2 Å². The molecule has 1 aliphatic rings. The Morgan fingerprint density at radius 2 is 2.10 bits per heavy atom. The summed E-state index contributed by atoms with van der Waals surface area (Å²) < 4.78 is 43.9. The molecule has 0 spiro atoms. The third kappa shape index (κ3) is 4.82. The largest absolute Gasteiger partial charge is 0.409 e. The molecule has 118 valence electrons. The van der Waals surface area contributed by atoms with E-state index in [4.69, 9.17) is 15.7 Å². The summed E-state index contributed by atoms with van der Waals surface area (Å²) >= 11 is 0. The SMILES string of the molecule is COCCN(CC(C(N)=NO)C(F)(F)F)C(C)C1CC1.